The van der Waals surface area contributed by atoms with Crippen molar-refractivity contribution in [3.8, 4) is 0 Å². The molecule has 0 bridgehead atoms. The minimum Gasteiger partial charge on any atom is -0.444 e. The van der Waals surface area contributed by atoms with Gasteiger partial charge in [-0.15, -0.1) is 0 Å². The summed E-state index contributed by atoms with van der Waals surface area (Å²) < 4.78 is 5.12. The molecule has 0 heterocycles. The van der Waals surface area contributed by atoms with Crippen molar-refractivity contribution in [2.45, 2.75) is 26.4 Å². The minimum atomic E-state index is -0.653. The van der Waals surface area contributed by atoms with Gasteiger partial charge < -0.3 is 9.64 Å². The largest absolute Gasteiger partial charge is 0.444 e. The zero-order valence-corrected chi connectivity index (χ0v) is 12.5. The number of non-ortho nitro benzene ring substituents is 1. The molecule has 0 radical (unpaired) electrons. The van der Waals surface area contributed by atoms with Crippen LogP contribution in [0.2, 0.25) is 0 Å². The van der Waals surface area contributed by atoms with Gasteiger partial charge in [0.2, 0.25) is 0 Å². The molecule has 7 nitrogen and oxygen atoms in total. The van der Waals surface area contributed by atoms with Gasteiger partial charge in [-0.05, 0) is 20.8 Å². The summed E-state index contributed by atoms with van der Waals surface area (Å²) in [5, 5.41) is 10.7. The molecule has 0 fully saturated rings. The van der Waals surface area contributed by atoms with Crippen molar-refractivity contribution in [2.24, 2.45) is 0 Å². The molecule has 0 aliphatic carbocycles. The SMILES string of the molecule is CN(CC(=O)c1cccc([N+](=O)[O-])c1)C(=O)OC(C)(C)C. The van der Waals surface area contributed by atoms with Gasteiger partial charge in [-0.3, -0.25) is 14.9 Å². The van der Waals surface area contributed by atoms with Crippen molar-refractivity contribution in [1.29, 1.82) is 0 Å². The van der Waals surface area contributed by atoms with Crippen LogP contribution in [0.5, 0.6) is 0 Å². The Bertz CT molecular complexity index is 563. The molecule has 0 N–H and O–H groups in total. The highest BCUT2D eigenvalue weighted by Crippen LogP contribution is 2.14. The van der Waals surface area contributed by atoms with Gasteiger partial charge in [-0.1, -0.05) is 12.1 Å². The van der Waals surface area contributed by atoms with Crippen LogP contribution in [0.15, 0.2) is 24.3 Å². The summed E-state index contributed by atoms with van der Waals surface area (Å²) >= 11 is 0. The average molecular weight is 294 g/mol. The predicted molar refractivity (Wildman–Crippen MR) is 76.3 cm³/mol. The number of nitro groups is 1. The van der Waals surface area contributed by atoms with Crippen LogP contribution in [-0.4, -0.2) is 40.9 Å². The highest BCUT2D eigenvalue weighted by atomic mass is 16.6. The second kappa shape index (κ2) is 6.34. The maximum absolute atomic E-state index is 12.0. The molecule has 21 heavy (non-hydrogen) atoms. The third kappa shape index (κ3) is 5.21. The molecule has 7 heteroatoms. The molecule has 0 unspecified atom stereocenters. The lowest BCUT2D eigenvalue weighted by molar-refractivity contribution is -0.384. The fourth-order valence-corrected chi connectivity index (χ4v) is 1.50. The van der Waals surface area contributed by atoms with Crippen LogP contribution in [0.4, 0.5) is 10.5 Å². The Morgan fingerprint density at radius 3 is 2.48 bits per heavy atom. The van der Waals surface area contributed by atoms with Crippen LogP contribution in [0, 0.1) is 10.1 Å². The highest BCUT2D eigenvalue weighted by molar-refractivity contribution is 5.99. The van der Waals surface area contributed by atoms with Crippen LogP contribution in [0.3, 0.4) is 0 Å². The molecule has 1 amide bonds. The predicted octanol–water partition coefficient (Wildman–Crippen LogP) is 2.64. The van der Waals surface area contributed by atoms with Crippen LogP contribution in [-0.2, 0) is 4.74 Å². The molecular weight excluding hydrogens is 276 g/mol. The first kappa shape index (κ1) is 16.6. The van der Waals surface area contributed by atoms with E-state index in [1.165, 1.54) is 31.3 Å². The standard InChI is InChI=1S/C14H18N2O5/c1-14(2,3)21-13(18)15(4)9-12(17)10-6-5-7-11(8-10)16(19)20/h5-8H,9H2,1-4H3. The Morgan fingerprint density at radius 2 is 1.95 bits per heavy atom. The second-order valence-electron chi connectivity index (χ2n) is 5.57. The van der Waals surface area contributed by atoms with Gasteiger partial charge in [0.1, 0.15) is 5.60 Å². The van der Waals surface area contributed by atoms with Gasteiger partial charge in [0, 0.05) is 24.7 Å². The fraction of sp³-hybridized carbons (Fsp3) is 0.429. The third-order valence-electron chi connectivity index (χ3n) is 2.46. The first-order valence-corrected chi connectivity index (χ1v) is 6.32. The molecule has 1 aromatic rings. The first-order valence-electron chi connectivity index (χ1n) is 6.32. The Balaban J connectivity index is 2.75. The van der Waals surface area contributed by atoms with Crippen molar-refractivity contribution in [2.75, 3.05) is 13.6 Å². The first-order chi connectivity index (χ1) is 9.60. The van der Waals surface area contributed by atoms with Crippen LogP contribution < -0.4 is 0 Å². The number of carbonyl (C=O) groups is 2. The minimum absolute atomic E-state index is 0.166. The summed E-state index contributed by atoms with van der Waals surface area (Å²) in [7, 11) is 1.43. The van der Waals surface area contributed by atoms with Crippen molar-refractivity contribution in [1.82, 2.24) is 4.90 Å². The van der Waals surface area contributed by atoms with E-state index in [9.17, 15) is 19.7 Å². The molecule has 0 aliphatic rings. The molecule has 0 saturated carbocycles. The van der Waals surface area contributed by atoms with Gasteiger partial charge in [0.15, 0.2) is 5.78 Å². The van der Waals surface area contributed by atoms with Gasteiger partial charge in [-0.2, -0.15) is 0 Å². The van der Waals surface area contributed by atoms with Crippen molar-refractivity contribution in [3.63, 3.8) is 0 Å². The molecule has 0 aromatic heterocycles. The number of hydrogen-bond donors (Lipinski definition) is 0. The lowest BCUT2D eigenvalue weighted by Crippen LogP contribution is -2.37. The topological polar surface area (TPSA) is 89.8 Å². The van der Waals surface area contributed by atoms with Crippen LogP contribution in [0.25, 0.3) is 0 Å². The number of ketones is 1. The quantitative estimate of drug-likeness (QED) is 0.483. The van der Waals surface area contributed by atoms with E-state index >= 15 is 0 Å². The Labute approximate surface area is 122 Å². The van der Waals surface area contributed by atoms with Crippen molar-refractivity contribution < 1.29 is 19.2 Å². The number of nitrogens with zero attached hydrogens (tertiary/aromatic N) is 2. The summed E-state index contributed by atoms with van der Waals surface area (Å²) in [5.41, 5.74) is -0.639. The van der Waals surface area contributed by atoms with E-state index in [0.29, 0.717) is 0 Å². The third-order valence-corrected chi connectivity index (χ3v) is 2.46. The van der Waals surface area contributed by atoms with E-state index in [-0.39, 0.29) is 17.8 Å². The van der Waals surface area contributed by atoms with Gasteiger partial charge in [-0.25, -0.2) is 4.79 Å². The number of nitro benzene ring substituents is 1. The molecular formula is C14H18N2O5. The molecule has 0 atom stereocenters. The average Bonchev–Trinajstić information content (AvgIpc) is 2.36. The van der Waals surface area contributed by atoms with Crippen molar-refractivity contribution >= 4 is 17.6 Å². The summed E-state index contributed by atoms with van der Waals surface area (Å²) in [6.07, 6.45) is -0.624. The number of Topliss-reactive ketones (excluding diaryl/α,β-unsaturated/α-hetero) is 1. The molecule has 1 aromatic carbocycles. The molecule has 0 aliphatic heterocycles. The van der Waals surface area contributed by atoms with Crippen LogP contribution in [0.1, 0.15) is 31.1 Å². The van der Waals surface area contributed by atoms with E-state index in [4.69, 9.17) is 4.74 Å². The van der Waals surface area contributed by atoms with Gasteiger partial charge in [0.05, 0.1) is 11.5 Å². The summed E-state index contributed by atoms with van der Waals surface area (Å²) in [6, 6.07) is 5.39. The lowest BCUT2D eigenvalue weighted by Gasteiger charge is -2.24. The highest BCUT2D eigenvalue weighted by Gasteiger charge is 2.22. The summed E-state index contributed by atoms with van der Waals surface area (Å²) in [6.45, 7) is 4.96. The second-order valence-corrected chi connectivity index (χ2v) is 5.57. The number of likely N-dealkylation sites (N-methyl/N-ethyl adjacent to an activating group) is 1. The van der Waals surface area contributed by atoms with Crippen molar-refractivity contribution in [3.05, 3.63) is 39.9 Å². The van der Waals surface area contributed by atoms with E-state index in [1.54, 1.807) is 20.8 Å². The van der Waals surface area contributed by atoms with E-state index in [1.807, 2.05) is 0 Å². The van der Waals surface area contributed by atoms with Crippen LogP contribution >= 0.6 is 0 Å². The van der Waals surface area contributed by atoms with E-state index in [0.717, 1.165) is 4.90 Å². The Kier molecular flexibility index (Phi) is 5.02. The van der Waals surface area contributed by atoms with E-state index < -0.39 is 22.4 Å². The van der Waals surface area contributed by atoms with Gasteiger partial charge >= 0.3 is 6.09 Å². The number of ether oxygens (including phenoxy) is 1. The number of benzene rings is 1. The summed E-state index contributed by atoms with van der Waals surface area (Å²) in [5.74, 6) is -0.396. The summed E-state index contributed by atoms with van der Waals surface area (Å²) in [4.78, 5) is 35.0. The molecule has 0 spiro atoms. The number of rotatable bonds is 4. The number of carbonyl (C=O) groups excluding carboxylic acids is 2. The zero-order chi connectivity index (χ0) is 16.2. The maximum atomic E-state index is 12.0. The van der Waals surface area contributed by atoms with E-state index in [2.05, 4.69) is 0 Å². The number of amides is 1. The monoisotopic (exact) mass is 294 g/mol. The lowest BCUT2D eigenvalue weighted by atomic mass is 10.1. The normalized spacial score (nSPS) is 10.9. The zero-order valence-electron chi connectivity index (χ0n) is 12.5. The Morgan fingerprint density at radius 1 is 1.33 bits per heavy atom. The maximum Gasteiger partial charge on any atom is 0.410 e. The fourth-order valence-electron chi connectivity index (χ4n) is 1.50. The van der Waals surface area contributed by atoms with Gasteiger partial charge in [0.25, 0.3) is 5.69 Å². The smallest absolute Gasteiger partial charge is 0.410 e. The molecule has 1 rings (SSSR count). The Hall–Kier alpha value is -2.44. The molecule has 114 valence electrons. The number of hydrogen-bond acceptors (Lipinski definition) is 5. The molecule has 0 saturated heterocycles.